The molecule has 0 atom stereocenters. The van der Waals surface area contributed by atoms with Crippen molar-refractivity contribution in [3.05, 3.63) is 17.5 Å². The van der Waals surface area contributed by atoms with Crippen LogP contribution in [0.3, 0.4) is 0 Å². The molecule has 1 aromatic heterocycles. The van der Waals surface area contributed by atoms with E-state index < -0.39 is 5.97 Å². The minimum atomic E-state index is -1.07. The molecule has 0 spiro atoms. The molecule has 1 heterocycles. The molecule has 2 N–H and O–H groups in total. The Morgan fingerprint density at radius 1 is 1.71 bits per heavy atom. The summed E-state index contributed by atoms with van der Waals surface area (Å²) in [5, 5.41) is 15.1. The first kappa shape index (κ1) is 10.7. The van der Waals surface area contributed by atoms with Gasteiger partial charge in [0, 0.05) is 6.07 Å². The number of nitrogens with zero attached hydrogens (tertiary/aromatic N) is 1. The van der Waals surface area contributed by atoms with Gasteiger partial charge in [0.05, 0.1) is 6.54 Å². The number of hydrogen-bond acceptors (Lipinski definition) is 4. The first-order valence-corrected chi connectivity index (χ1v) is 4.49. The van der Waals surface area contributed by atoms with Crippen molar-refractivity contribution in [1.82, 2.24) is 10.5 Å². The zero-order chi connectivity index (χ0) is 10.6. The van der Waals surface area contributed by atoms with Crippen LogP contribution in [0, 0.1) is 5.92 Å². The highest BCUT2D eigenvalue weighted by atomic mass is 16.5. The van der Waals surface area contributed by atoms with Crippen molar-refractivity contribution in [2.45, 2.75) is 20.4 Å². The SMILES string of the molecule is CC(C)CNCc1cc(C(=O)O)no1. The van der Waals surface area contributed by atoms with Crippen LogP contribution in [0.1, 0.15) is 30.1 Å². The van der Waals surface area contributed by atoms with E-state index in [2.05, 4.69) is 24.3 Å². The van der Waals surface area contributed by atoms with Crippen molar-refractivity contribution in [2.24, 2.45) is 5.92 Å². The number of carboxylic acid groups (broad SMARTS) is 1. The maximum absolute atomic E-state index is 10.5. The molecule has 0 amide bonds. The lowest BCUT2D eigenvalue weighted by molar-refractivity contribution is 0.0685. The third kappa shape index (κ3) is 3.18. The fourth-order valence-corrected chi connectivity index (χ4v) is 0.981. The van der Waals surface area contributed by atoms with Crippen molar-refractivity contribution in [2.75, 3.05) is 6.54 Å². The lowest BCUT2D eigenvalue weighted by Gasteiger charge is -2.03. The summed E-state index contributed by atoms with van der Waals surface area (Å²) in [5.41, 5.74) is -0.0497. The Kier molecular flexibility index (Phi) is 3.64. The molecule has 0 aliphatic carbocycles. The summed E-state index contributed by atoms with van der Waals surface area (Å²) in [6, 6.07) is 1.43. The lowest BCUT2D eigenvalue weighted by Crippen LogP contribution is -2.18. The lowest BCUT2D eigenvalue weighted by atomic mass is 10.2. The van der Waals surface area contributed by atoms with Crippen LogP contribution in [-0.4, -0.2) is 22.8 Å². The van der Waals surface area contributed by atoms with Crippen LogP contribution in [0.5, 0.6) is 0 Å². The second-order valence-corrected chi connectivity index (χ2v) is 3.51. The van der Waals surface area contributed by atoms with Crippen LogP contribution >= 0.6 is 0 Å². The highest BCUT2D eigenvalue weighted by Crippen LogP contribution is 2.03. The van der Waals surface area contributed by atoms with Gasteiger partial charge in [-0.15, -0.1) is 0 Å². The molecule has 0 aliphatic rings. The quantitative estimate of drug-likeness (QED) is 0.741. The minimum absolute atomic E-state index is 0.0497. The molecule has 0 aromatic carbocycles. The normalized spacial score (nSPS) is 10.8. The topological polar surface area (TPSA) is 75.4 Å². The van der Waals surface area contributed by atoms with Crippen LogP contribution in [0.25, 0.3) is 0 Å². The maximum Gasteiger partial charge on any atom is 0.358 e. The average Bonchev–Trinajstić information content (AvgIpc) is 2.52. The molecule has 1 rings (SSSR count). The summed E-state index contributed by atoms with van der Waals surface area (Å²) in [4.78, 5) is 10.5. The van der Waals surface area contributed by atoms with E-state index in [4.69, 9.17) is 9.63 Å². The number of carboxylic acids is 1. The predicted octanol–water partition coefficient (Wildman–Crippen LogP) is 1.12. The van der Waals surface area contributed by atoms with E-state index in [1.807, 2.05) is 0 Å². The fourth-order valence-electron chi connectivity index (χ4n) is 0.981. The second kappa shape index (κ2) is 4.76. The zero-order valence-electron chi connectivity index (χ0n) is 8.28. The molecule has 78 valence electrons. The van der Waals surface area contributed by atoms with E-state index in [9.17, 15) is 4.79 Å². The standard InChI is InChI=1S/C9H14N2O3/c1-6(2)4-10-5-7-3-8(9(12)13)11-14-7/h3,6,10H,4-5H2,1-2H3,(H,12,13). The van der Waals surface area contributed by atoms with E-state index in [-0.39, 0.29) is 5.69 Å². The van der Waals surface area contributed by atoms with Gasteiger partial charge in [0.25, 0.3) is 0 Å². The first-order chi connectivity index (χ1) is 6.59. The third-order valence-electron chi connectivity index (χ3n) is 1.63. The van der Waals surface area contributed by atoms with Crippen LogP contribution in [-0.2, 0) is 6.54 Å². The number of aromatic carboxylic acids is 1. The van der Waals surface area contributed by atoms with E-state index in [0.717, 1.165) is 6.54 Å². The van der Waals surface area contributed by atoms with Gasteiger partial charge in [-0.1, -0.05) is 19.0 Å². The summed E-state index contributed by atoms with van der Waals surface area (Å²) in [5.74, 6) is 0.0313. The van der Waals surface area contributed by atoms with Crippen molar-refractivity contribution >= 4 is 5.97 Å². The predicted molar refractivity (Wildman–Crippen MR) is 50.0 cm³/mol. The summed E-state index contributed by atoms with van der Waals surface area (Å²) in [6.45, 7) is 5.56. The molecule has 0 radical (unpaired) electrons. The van der Waals surface area contributed by atoms with E-state index in [0.29, 0.717) is 18.2 Å². The van der Waals surface area contributed by atoms with Crippen molar-refractivity contribution in [3.63, 3.8) is 0 Å². The van der Waals surface area contributed by atoms with Gasteiger partial charge in [0.2, 0.25) is 0 Å². The largest absolute Gasteiger partial charge is 0.476 e. The molecule has 5 nitrogen and oxygen atoms in total. The molecular weight excluding hydrogens is 184 g/mol. The van der Waals surface area contributed by atoms with Crippen LogP contribution < -0.4 is 5.32 Å². The van der Waals surface area contributed by atoms with E-state index >= 15 is 0 Å². The zero-order valence-corrected chi connectivity index (χ0v) is 8.28. The molecule has 1 aromatic rings. The Bertz CT molecular complexity index is 307. The average molecular weight is 198 g/mol. The summed E-state index contributed by atoms with van der Waals surface area (Å²) in [6.07, 6.45) is 0. The Hall–Kier alpha value is -1.36. The second-order valence-electron chi connectivity index (χ2n) is 3.51. The van der Waals surface area contributed by atoms with E-state index in [1.165, 1.54) is 6.07 Å². The van der Waals surface area contributed by atoms with Crippen LogP contribution in [0.15, 0.2) is 10.6 Å². The Balaban J connectivity index is 2.40. The minimum Gasteiger partial charge on any atom is -0.476 e. The fraction of sp³-hybridized carbons (Fsp3) is 0.556. The van der Waals surface area contributed by atoms with Gasteiger partial charge in [0.1, 0.15) is 0 Å². The molecular formula is C9H14N2O3. The number of carbonyl (C=O) groups is 1. The molecule has 0 unspecified atom stereocenters. The number of hydrogen-bond donors (Lipinski definition) is 2. The highest BCUT2D eigenvalue weighted by Gasteiger charge is 2.09. The van der Waals surface area contributed by atoms with Gasteiger partial charge in [-0.2, -0.15) is 0 Å². The molecule has 0 saturated heterocycles. The summed E-state index contributed by atoms with van der Waals surface area (Å²) in [7, 11) is 0. The molecule has 5 heteroatoms. The summed E-state index contributed by atoms with van der Waals surface area (Å²) >= 11 is 0. The maximum atomic E-state index is 10.5. The Labute approximate surface area is 82.1 Å². The van der Waals surface area contributed by atoms with E-state index in [1.54, 1.807) is 0 Å². The molecule has 14 heavy (non-hydrogen) atoms. The Morgan fingerprint density at radius 2 is 2.43 bits per heavy atom. The van der Waals surface area contributed by atoms with Crippen LogP contribution in [0.2, 0.25) is 0 Å². The molecule has 0 bridgehead atoms. The Morgan fingerprint density at radius 3 is 2.93 bits per heavy atom. The van der Waals surface area contributed by atoms with Gasteiger partial charge in [-0.3, -0.25) is 0 Å². The van der Waals surface area contributed by atoms with Gasteiger partial charge in [0.15, 0.2) is 11.5 Å². The molecule has 0 saturated carbocycles. The number of aromatic nitrogens is 1. The number of rotatable bonds is 5. The van der Waals surface area contributed by atoms with Gasteiger partial charge >= 0.3 is 5.97 Å². The first-order valence-electron chi connectivity index (χ1n) is 4.49. The molecule has 0 aliphatic heterocycles. The highest BCUT2D eigenvalue weighted by molar-refractivity contribution is 5.85. The summed E-state index contributed by atoms with van der Waals surface area (Å²) < 4.78 is 4.81. The van der Waals surface area contributed by atoms with Crippen molar-refractivity contribution in [3.8, 4) is 0 Å². The number of nitrogens with one attached hydrogen (secondary N) is 1. The van der Waals surface area contributed by atoms with Crippen molar-refractivity contribution in [1.29, 1.82) is 0 Å². The van der Waals surface area contributed by atoms with Crippen molar-refractivity contribution < 1.29 is 14.4 Å². The monoisotopic (exact) mass is 198 g/mol. The van der Waals surface area contributed by atoms with Crippen LogP contribution in [0.4, 0.5) is 0 Å². The smallest absolute Gasteiger partial charge is 0.358 e. The third-order valence-corrected chi connectivity index (χ3v) is 1.63. The van der Waals surface area contributed by atoms with Gasteiger partial charge < -0.3 is 14.9 Å². The van der Waals surface area contributed by atoms with Gasteiger partial charge in [-0.05, 0) is 12.5 Å². The molecule has 0 fully saturated rings. The van der Waals surface area contributed by atoms with Gasteiger partial charge in [-0.25, -0.2) is 4.79 Å².